The van der Waals surface area contributed by atoms with Gasteiger partial charge in [0.05, 0.1) is 24.9 Å². The number of hydrogen-bond acceptors (Lipinski definition) is 4. The molecule has 0 aliphatic carbocycles. The lowest BCUT2D eigenvalue weighted by Crippen LogP contribution is -2.39. The van der Waals surface area contributed by atoms with Crippen LogP contribution in [0.1, 0.15) is 12.8 Å². The quantitative estimate of drug-likeness (QED) is 0.815. The van der Waals surface area contributed by atoms with Gasteiger partial charge in [-0.2, -0.15) is 0 Å². The fourth-order valence-electron chi connectivity index (χ4n) is 2.19. The van der Waals surface area contributed by atoms with Crippen LogP contribution >= 0.6 is 0 Å². The second-order valence-corrected chi connectivity index (χ2v) is 4.24. The lowest BCUT2D eigenvalue weighted by Gasteiger charge is -2.24. The molecule has 0 amide bonds. The third-order valence-corrected chi connectivity index (χ3v) is 3.12. The molecule has 94 valence electrons. The van der Waals surface area contributed by atoms with Crippen LogP contribution in [0.4, 0.5) is 5.69 Å². The fourth-order valence-corrected chi connectivity index (χ4v) is 2.19. The van der Waals surface area contributed by atoms with E-state index >= 15 is 0 Å². The second-order valence-electron chi connectivity index (χ2n) is 4.24. The van der Waals surface area contributed by atoms with E-state index in [9.17, 15) is 0 Å². The van der Waals surface area contributed by atoms with Crippen molar-refractivity contribution in [2.24, 2.45) is 5.73 Å². The number of anilines is 1. The molecule has 2 atom stereocenters. The van der Waals surface area contributed by atoms with E-state index in [2.05, 4.69) is 5.32 Å². The summed E-state index contributed by atoms with van der Waals surface area (Å²) < 4.78 is 11.0. The van der Waals surface area contributed by atoms with Crippen molar-refractivity contribution in [1.29, 1.82) is 0 Å². The van der Waals surface area contributed by atoms with Crippen LogP contribution in [0.15, 0.2) is 24.3 Å². The average molecular weight is 236 g/mol. The maximum absolute atomic E-state index is 5.81. The summed E-state index contributed by atoms with van der Waals surface area (Å²) >= 11 is 0. The summed E-state index contributed by atoms with van der Waals surface area (Å²) in [5.74, 6) is 0.837. The van der Waals surface area contributed by atoms with Crippen LogP contribution in [-0.2, 0) is 4.74 Å². The first-order valence-corrected chi connectivity index (χ1v) is 6.06. The van der Waals surface area contributed by atoms with Crippen LogP contribution in [0.25, 0.3) is 0 Å². The van der Waals surface area contributed by atoms with E-state index < -0.39 is 0 Å². The molecule has 4 heteroatoms. The molecular weight excluding hydrogens is 216 g/mol. The van der Waals surface area contributed by atoms with E-state index in [0.717, 1.165) is 30.9 Å². The Bertz CT molecular complexity index is 351. The van der Waals surface area contributed by atoms with Gasteiger partial charge in [0.2, 0.25) is 0 Å². The van der Waals surface area contributed by atoms with Crippen LogP contribution in [0, 0.1) is 0 Å². The van der Waals surface area contributed by atoms with Gasteiger partial charge in [-0.3, -0.25) is 0 Å². The van der Waals surface area contributed by atoms with E-state index in [-0.39, 0.29) is 12.1 Å². The van der Waals surface area contributed by atoms with Gasteiger partial charge in [-0.15, -0.1) is 0 Å². The molecule has 1 heterocycles. The first-order chi connectivity index (χ1) is 8.35. The summed E-state index contributed by atoms with van der Waals surface area (Å²) in [5, 5.41) is 3.42. The molecule has 2 rings (SSSR count). The van der Waals surface area contributed by atoms with Crippen molar-refractivity contribution in [2.45, 2.75) is 25.0 Å². The molecule has 1 aliphatic heterocycles. The zero-order chi connectivity index (χ0) is 12.1. The molecule has 0 radical (unpaired) electrons. The third-order valence-electron chi connectivity index (χ3n) is 3.12. The molecule has 0 saturated carbocycles. The minimum absolute atomic E-state index is 0.147. The monoisotopic (exact) mass is 236 g/mol. The van der Waals surface area contributed by atoms with Crippen molar-refractivity contribution in [3.05, 3.63) is 24.3 Å². The first kappa shape index (κ1) is 12.2. The highest BCUT2D eigenvalue weighted by atomic mass is 16.5. The van der Waals surface area contributed by atoms with E-state index in [1.54, 1.807) is 7.11 Å². The number of methoxy groups -OCH3 is 1. The lowest BCUT2D eigenvalue weighted by atomic mass is 10.1. The largest absolute Gasteiger partial charge is 0.495 e. The molecule has 1 fully saturated rings. The Labute approximate surface area is 102 Å². The van der Waals surface area contributed by atoms with Gasteiger partial charge < -0.3 is 20.5 Å². The number of nitrogens with two attached hydrogens (primary N) is 1. The van der Waals surface area contributed by atoms with E-state index in [0.29, 0.717) is 6.54 Å². The minimum Gasteiger partial charge on any atom is -0.495 e. The molecule has 17 heavy (non-hydrogen) atoms. The van der Waals surface area contributed by atoms with Crippen molar-refractivity contribution in [3.8, 4) is 5.75 Å². The van der Waals surface area contributed by atoms with Gasteiger partial charge in [0, 0.05) is 13.2 Å². The molecule has 1 saturated heterocycles. The molecule has 1 aromatic rings. The molecular formula is C13H20N2O2. The molecule has 0 spiro atoms. The molecule has 2 unspecified atom stereocenters. The summed E-state index contributed by atoms with van der Waals surface area (Å²) in [6.07, 6.45) is 2.41. The predicted molar refractivity (Wildman–Crippen MR) is 68.4 cm³/mol. The second kappa shape index (κ2) is 5.89. The van der Waals surface area contributed by atoms with Crippen molar-refractivity contribution in [2.75, 3.05) is 25.6 Å². The maximum Gasteiger partial charge on any atom is 0.141 e. The van der Waals surface area contributed by atoms with Crippen LogP contribution in [0.3, 0.4) is 0 Å². The zero-order valence-electron chi connectivity index (χ0n) is 10.2. The van der Waals surface area contributed by atoms with Gasteiger partial charge in [0.25, 0.3) is 0 Å². The summed E-state index contributed by atoms with van der Waals surface area (Å²) in [6.45, 7) is 1.40. The average Bonchev–Trinajstić information content (AvgIpc) is 2.90. The SMILES string of the molecule is COc1ccccc1NC(CN)C1CCCO1. The number of rotatable bonds is 5. The molecule has 0 aromatic heterocycles. The Kier molecular flexibility index (Phi) is 4.23. The van der Waals surface area contributed by atoms with Gasteiger partial charge >= 0.3 is 0 Å². The minimum atomic E-state index is 0.147. The van der Waals surface area contributed by atoms with Gasteiger partial charge in [-0.1, -0.05) is 12.1 Å². The number of para-hydroxylation sites is 2. The Balaban J connectivity index is 2.06. The van der Waals surface area contributed by atoms with Crippen LogP contribution < -0.4 is 15.8 Å². The highest BCUT2D eigenvalue weighted by Gasteiger charge is 2.25. The Morgan fingerprint density at radius 2 is 2.35 bits per heavy atom. The number of nitrogens with one attached hydrogen (secondary N) is 1. The van der Waals surface area contributed by atoms with Crippen LogP contribution in [0.5, 0.6) is 5.75 Å². The van der Waals surface area contributed by atoms with Crippen molar-refractivity contribution in [1.82, 2.24) is 0 Å². The van der Waals surface area contributed by atoms with Gasteiger partial charge in [0.15, 0.2) is 0 Å². The zero-order valence-corrected chi connectivity index (χ0v) is 10.2. The first-order valence-electron chi connectivity index (χ1n) is 6.06. The maximum atomic E-state index is 5.81. The van der Waals surface area contributed by atoms with Gasteiger partial charge in [-0.05, 0) is 25.0 Å². The van der Waals surface area contributed by atoms with Crippen molar-refractivity contribution >= 4 is 5.69 Å². The van der Waals surface area contributed by atoms with Gasteiger partial charge in [-0.25, -0.2) is 0 Å². The lowest BCUT2D eigenvalue weighted by molar-refractivity contribution is 0.0972. The number of hydrogen-bond donors (Lipinski definition) is 2. The van der Waals surface area contributed by atoms with Crippen molar-refractivity contribution < 1.29 is 9.47 Å². The van der Waals surface area contributed by atoms with E-state index in [1.165, 1.54) is 0 Å². The Morgan fingerprint density at radius 3 is 3.00 bits per heavy atom. The van der Waals surface area contributed by atoms with E-state index in [4.69, 9.17) is 15.2 Å². The molecule has 1 aliphatic rings. The van der Waals surface area contributed by atoms with Crippen molar-refractivity contribution in [3.63, 3.8) is 0 Å². The summed E-state index contributed by atoms with van der Waals surface area (Å²) in [5.41, 5.74) is 6.78. The summed E-state index contributed by atoms with van der Waals surface area (Å²) in [6, 6.07) is 8.01. The third kappa shape index (κ3) is 2.90. The molecule has 0 bridgehead atoms. The number of benzene rings is 1. The fraction of sp³-hybridized carbons (Fsp3) is 0.538. The Morgan fingerprint density at radius 1 is 1.53 bits per heavy atom. The standard InChI is InChI=1S/C13H20N2O2/c1-16-12-6-3-2-5-10(12)15-11(9-14)13-7-4-8-17-13/h2-3,5-6,11,13,15H,4,7-9,14H2,1H3. The van der Waals surface area contributed by atoms with Gasteiger partial charge in [0.1, 0.15) is 5.75 Å². The molecule has 3 N–H and O–H groups in total. The summed E-state index contributed by atoms with van der Waals surface area (Å²) in [7, 11) is 1.67. The molecule has 1 aromatic carbocycles. The summed E-state index contributed by atoms with van der Waals surface area (Å²) in [4.78, 5) is 0. The number of ether oxygens (including phenoxy) is 2. The van der Waals surface area contributed by atoms with Crippen LogP contribution in [0.2, 0.25) is 0 Å². The highest BCUT2D eigenvalue weighted by molar-refractivity contribution is 5.56. The molecule has 4 nitrogen and oxygen atoms in total. The Hall–Kier alpha value is -1.26. The van der Waals surface area contributed by atoms with E-state index in [1.807, 2.05) is 24.3 Å². The smallest absolute Gasteiger partial charge is 0.141 e. The highest BCUT2D eigenvalue weighted by Crippen LogP contribution is 2.26. The predicted octanol–water partition coefficient (Wildman–Crippen LogP) is 1.61. The normalized spacial score (nSPS) is 21.2. The topological polar surface area (TPSA) is 56.5 Å². The van der Waals surface area contributed by atoms with Crippen LogP contribution in [-0.4, -0.2) is 32.4 Å².